The molecule has 2 aromatic rings. The maximum Gasteiger partial charge on any atom is 0.318 e. The number of hydrogen-bond donors (Lipinski definition) is 3. The van der Waals surface area contributed by atoms with E-state index in [1.807, 2.05) is 30.3 Å². The maximum atomic E-state index is 12.6. The molecule has 0 unspecified atom stereocenters. The number of imide groups is 1. The van der Waals surface area contributed by atoms with Crippen molar-refractivity contribution in [2.45, 2.75) is 39.3 Å². The van der Waals surface area contributed by atoms with Crippen molar-refractivity contribution in [2.24, 2.45) is 11.7 Å². The zero-order chi connectivity index (χ0) is 19.1. The minimum absolute atomic E-state index is 0.0512. The number of nitrogens with one attached hydrogen (secondary N) is 2. The zero-order valence-corrected chi connectivity index (χ0v) is 15.5. The van der Waals surface area contributed by atoms with E-state index in [2.05, 4.69) is 55.7 Å². The van der Waals surface area contributed by atoms with Crippen LogP contribution in [0.15, 0.2) is 54.6 Å². The Bertz CT molecular complexity index is 727. The molecule has 0 fully saturated rings. The normalized spacial score (nSPS) is 13.2. The number of rotatable bonds is 7. The van der Waals surface area contributed by atoms with Gasteiger partial charge in [-0.25, -0.2) is 4.79 Å². The average molecular weight is 353 g/mol. The fourth-order valence-corrected chi connectivity index (χ4v) is 2.98. The van der Waals surface area contributed by atoms with Gasteiger partial charge in [-0.05, 0) is 29.0 Å². The Morgan fingerprint density at radius 1 is 0.962 bits per heavy atom. The van der Waals surface area contributed by atoms with Crippen LogP contribution < -0.4 is 16.4 Å². The summed E-state index contributed by atoms with van der Waals surface area (Å²) in [5.41, 5.74) is 8.29. The summed E-state index contributed by atoms with van der Waals surface area (Å²) >= 11 is 0. The summed E-state index contributed by atoms with van der Waals surface area (Å²) in [6.07, 6.45) is 0.980. The van der Waals surface area contributed by atoms with Gasteiger partial charge >= 0.3 is 6.03 Å². The quantitative estimate of drug-likeness (QED) is 0.712. The Morgan fingerprint density at radius 2 is 1.58 bits per heavy atom. The van der Waals surface area contributed by atoms with E-state index in [1.165, 1.54) is 5.56 Å². The van der Waals surface area contributed by atoms with Crippen LogP contribution in [0.4, 0.5) is 4.79 Å². The van der Waals surface area contributed by atoms with E-state index >= 15 is 0 Å². The van der Waals surface area contributed by atoms with Crippen molar-refractivity contribution in [2.75, 3.05) is 0 Å². The van der Waals surface area contributed by atoms with E-state index in [0.29, 0.717) is 0 Å². The molecule has 5 nitrogen and oxygen atoms in total. The van der Waals surface area contributed by atoms with Crippen LogP contribution >= 0.6 is 0 Å². The Hall–Kier alpha value is -2.66. The number of amides is 3. The van der Waals surface area contributed by atoms with E-state index in [4.69, 9.17) is 5.73 Å². The van der Waals surface area contributed by atoms with Gasteiger partial charge in [-0.2, -0.15) is 0 Å². The second-order valence-electron chi connectivity index (χ2n) is 6.68. The number of primary amides is 1. The molecule has 0 aliphatic rings. The number of aryl methyl sites for hydroxylation is 1. The van der Waals surface area contributed by atoms with Gasteiger partial charge in [-0.3, -0.25) is 15.4 Å². The fraction of sp³-hybridized carbons (Fsp3) is 0.333. The predicted octanol–water partition coefficient (Wildman–Crippen LogP) is 3.47. The third-order valence-electron chi connectivity index (χ3n) is 4.40. The van der Waals surface area contributed by atoms with Gasteiger partial charge < -0.3 is 5.73 Å². The van der Waals surface area contributed by atoms with Crippen molar-refractivity contribution < 1.29 is 9.59 Å². The molecule has 0 saturated carbocycles. The van der Waals surface area contributed by atoms with Crippen LogP contribution in [0.1, 0.15) is 49.5 Å². The van der Waals surface area contributed by atoms with Crippen LogP contribution in [-0.2, 0) is 11.2 Å². The van der Waals surface area contributed by atoms with E-state index in [-0.39, 0.29) is 12.0 Å². The first kappa shape index (κ1) is 19.7. The highest BCUT2D eigenvalue weighted by Crippen LogP contribution is 2.26. The third kappa shape index (κ3) is 5.17. The molecular weight excluding hydrogens is 326 g/mol. The third-order valence-corrected chi connectivity index (χ3v) is 4.40. The lowest BCUT2D eigenvalue weighted by atomic mass is 9.93. The fourth-order valence-electron chi connectivity index (χ4n) is 2.98. The molecule has 2 rings (SSSR count). The van der Waals surface area contributed by atoms with Crippen molar-refractivity contribution >= 4 is 11.9 Å². The summed E-state index contributed by atoms with van der Waals surface area (Å²) in [7, 11) is 0. The first-order valence-electron chi connectivity index (χ1n) is 8.92. The molecule has 0 saturated heterocycles. The summed E-state index contributed by atoms with van der Waals surface area (Å²) in [4.78, 5) is 23.7. The van der Waals surface area contributed by atoms with E-state index in [9.17, 15) is 9.59 Å². The van der Waals surface area contributed by atoms with Crippen molar-refractivity contribution in [3.63, 3.8) is 0 Å². The highest BCUT2D eigenvalue weighted by Gasteiger charge is 2.27. The summed E-state index contributed by atoms with van der Waals surface area (Å²) in [5.74, 6) is -0.213. The molecule has 0 radical (unpaired) electrons. The second kappa shape index (κ2) is 9.15. The summed E-state index contributed by atoms with van der Waals surface area (Å²) in [6.45, 7) is 6.31. The van der Waals surface area contributed by atoms with E-state index in [0.717, 1.165) is 17.5 Å². The highest BCUT2D eigenvalue weighted by molar-refractivity contribution is 5.96. The van der Waals surface area contributed by atoms with E-state index < -0.39 is 18.0 Å². The number of benzene rings is 2. The van der Waals surface area contributed by atoms with Gasteiger partial charge in [0.2, 0.25) is 5.91 Å². The molecule has 5 heteroatoms. The van der Waals surface area contributed by atoms with Crippen molar-refractivity contribution in [1.82, 2.24) is 10.6 Å². The molecule has 138 valence electrons. The van der Waals surface area contributed by atoms with Gasteiger partial charge in [-0.15, -0.1) is 0 Å². The van der Waals surface area contributed by atoms with Gasteiger partial charge in [0, 0.05) is 6.04 Å². The standard InChI is InChI=1S/C21H27N3O2/c1-4-15-10-12-17(13-11-15)18(14(2)3)23-19(20(25)24-21(22)26)16-8-6-5-7-9-16/h5-14,18-19,23H,4H2,1-3H3,(H3,22,24,25,26)/t18-,19-/m1/s1. The molecule has 0 heterocycles. The monoisotopic (exact) mass is 353 g/mol. The smallest absolute Gasteiger partial charge is 0.318 e. The number of hydrogen-bond acceptors (Lipinski definition) is 3. The molecule has 0 bridgehead atoms. The Labute approximate surface area is 155 Å². The maximum absolute atomic E-state index is 12.6. The topological polar surface area (TPSA) is 84.2 Å². The Balaban J connectivity index is 2.32. The van der Waals surface area contributed by atoms with Crippen LogP contribution in [0.5, 0.6) is 0 Å². The number of carbonyl (C=O) groups excluding carboxylic acids is 2. The van der Waals surface area contributed by atoms with Gasteiger partial charge in [0.05, 0.1) is 0 Å². The Morgan fingerprint density at radius 3 is 2.08 bits per heavy atom. The largest absolute Gasteiger partial charge is 0.351 e. The lowest BCUT2D eigenvalue weighted by molar-refractivity contribution is -0.122. The lowest BCUT2D eigenvalue weighted by Crippen LogP contribution is -2.44. The Kier molecular flexibility index (Phi) is 6.92. The van der Waals surface area contributed by atoms with Crippen LogP contribution in [0, 0.1) is 5.92 Å². The molecule has 2 aromatic carbocycles. The molecule has 2 atom stereocenters. The van der Waals surface area contributed by atoms with Crippen molar-refractivity contribution in [1.29, 1.82) is 0 Å². The molecule has 4 N–H and O–H groups in total. The molecular formula is C21H27N3O2. The van der Waals surface area contributed by atoms with E-state index in [1.54, 1.807) is 0 Å². The van der Waals surface area contributed by atoms with Gasteiger partial charge in [0.25, 0.3) is 0 Å². The number of nitrogens with two attached hydrogens (primary N) is 1. The zero-order valence-electron chi connectivity index (χ0n) is 15.5. The minimum atomic E-state index is -0.855. The molecule has 0 spiro atoms. The molecule has 3 amide bonds. The van der Waals surface area contributed by atoms with Crippen LogP contribution in [0.3, 0.4) is 0 Å². The minimum Gasteiger partial charge on any atom is -0.351 e. The summed E-state index contributed by atoms with van der Waals surface area (Å²) in [6, 6.07) is 16.1. The molecule has 0 aromatic heterocycles. The lowest BCUT2D eigenvalue weighted by Gasteiger charge is -2.28. The van der Waals surface area contributed by atoms with Gasteiger partial charge in [0.15, 0.2) is 0 Å². The van der Waals surface area contributed by atoms with Gasteiger partial charge in [-0.1, -0.05) is 75.4 Å². The van der Waals surface area contributed by atoms with Crippen LogP contribution in [-0.4, -0.2) is 11.9 Å². The highest BCUT2D eigenvalue weighted by atomic mass is 16.2. The summed E-state index contributed by atoms with van der Waals surface area (Å²) < 4.78 is 0. The first-order chi connectivity index (χ1) is 12.4. The number of urea groups is 1. The number of carbonyl (C=O) groups is 2. The van der Waals surface area contributed by atoms with Crippen molar-refractivity contribution in [3.05, 3.63) is 71.3 Å². The molecule has 26 heavy (non-hydrogen) atoms. The van der Waals surface area contributed by atoms with Crippen LogP contribution in [0.2, 0.25) is 0 Å². The summed E-state index contributed by atoms with van der Waals surface area (Å²) in [5, 5.41) is 5.60. The molecule has 0 aliphatic heterocycles. The first-order valence-corrected chi connectivity index (χ1v) is 8.92. The SMILES string of the molecule is CCc1ccc([C@H](N[C@@H](C(=O)NC(N)=O)c2ccccc2)C(C)C)cc1. The average Bonchev–Trinajstić information content (AvgIpc) is 2.62. The second-order valence-corrected chi connectivity index (χ2v) is 6.68. The molecule has 0 aliphatic carbocycles. The predicted molar refractivity (Wildman–Crippen MR) is 103 cm³/mol. The van der Waals surface area contributed by atoms with Gasteiger partial charge in [0.1, 0.15) is 6.04 Å². The van der Waals surface area contributed by atoms with Crippen molar-refractivity contribution in [3.8, 4) is 0 Å². The van der Waals surface area contributed by atoms with Crippen LogP contribution in [0.25, 0.3) is 0 Å².